The van der Waals surface area contributed by atoms with Crippen molar-refractivity contribution < 1.29 is 32.7 Å². The molecule has 1 heterocycles. The van der Waals surface area contributed by atoms with Crippen molar-refractivity contribution in [2.24, 2.45) is 0 Å². The van der Waals surface area contributed by atoms with Crippen LogP contribution in [0.25, 0.3) is 0 Å². The SMILES string of the molecule is C[CH-]C1NCCN[C@@H]1[CH-]C.[Y]. The zero-order valence-corrected chi connectivity index (χ0v) is 10.1. The second kappa shape index (κ2) is 6.53. The van der Waals surface area contributed by atoms with Crippen molar-refractivity contribution in [3.63, 3.8) is 0 Å². The smallest absolute Gasteiger partial charge is 0.00503 e. The topological polar surface area (TPSA) is 24.1 Å². The van der Waals surface area contributed by atoms with E-state index in [0.29, 0.717) is 12.1 Å². The zero-order chi connectivity index (χ0) is 7.40. The molecule has 2 nitrogen and oxygen atoms in total. The number of nitrogens with one attached hydrogen (secondary N) is 2. The quantitative estimate of drug-likeness (QED) is 0.668. The van der Waals surface area contributed by atoms with Gasteiger partial charge in [-0.1, -0.05) is 0 Å². The summed E-state index contributed by atoms with van der Waals surface area (Å²) in [7, 11) is 0. The Kier molecular flexibility index (Phi) is 7.14. The van der Waals surface area contributed by atoms with Crippen molar-refractivity contribution >= 4 is 0 Å². The second-order valence-electron chi connectivity index (χ2n) is 2.63. The number of rotatable bonds is 2. The first-order valence-corrected chi connectivity index (χ1v) is 3.94. The molecule has 0 aromatic carbocycles. The number of hydrogen-bond donors (Lipinski definition) is 2. The molecule has 1 radical (unpaired) electrons. The molecule has 1 saturated heterocycles. The van der Waals surface area contributed by atoms with Crippen molar-refractivity contribution in [1.82, 2.24) is 10.6 Å². The van der Waals surface area contributed by atoms with E-state index in [1.807, 2.05) is 0 Å². The van der Waals surface area contributed by atoms with Crippen LogP contribution in [-0.4, -0.2) is 25.2 Å². The maximum atomic E-state index is 3.42. The summed E-state index contributed by atoms with van der Waals surface area (Å²) < 4.78 is 0. The van der Waals surface area contributed by atoms with E-state index in [1.165, 1.54) is 0 Å². The van der Waals surface area contributed by atoms with E-state index in [2.05, 4.69) is 37.3 Å². The Morgan fingerprint density at radius 1 is 1.00 bits per heavy atom. The van der Waals surface area contributed by atoms with E-state index in [1.54, 1.807) is 0 Å². The van der Waals surface area contributed by atoms with E-state index in [-0.39, 0.29) is 32.7 Å². The molecule has 63 valence electrons. The monoisotopic (exact) mass is 229 g/mol. The molecule has 2 atom stereocenters. The number of piperazine rings is 1. The predicted octanol–water partition coefficient (Wildman–Crippen LogP) is 0.362. The van der Waals surface area contributed by atoms with E-state index >= 15 is 0 Å². The minimum absolute atomic E-state index is 0. The maximum absolute atomic E-state index is 3.42. The van der Waals surface area contributed by atoms with Gasteiger partial charge in [-0.25, -0.2) is 0 Å². The van der Waals surface area contributed by atoms with Gasteiger partial charge in [0.1, 0.15) is 0 Å². The van der Waals surface area contributed by atoms with Gasteiger partial charge in [0.15, 0.2) is 0 Å². The van der Waals surface area contributed by atoms with Crippen LogP contribution >= 0.6 is 0 Å². The fourth-order valence-corrected chi connectivity index (χ4v) is 1.38. The van der Waals surface area contributed by atoms with Gasteiger partial charge in [-0.15, -0.1) is 12.1 Å². The van der Waals surface area contributed by atoms with Crippen molar-refractivity contribution in [2.75, 3.05) is 13.1 Å². The Morgan fingerprint density at radius 3 is 1.64 bits per heavy atom. The molecule has 0 aromatic heterocycles. The summed E-state index contributed by atoms with van der Waals surface area (Å²) in [5.41, 5.74) is 0. The molecular weight excluding hydrogens is 213 g/mol. The molecule has 1 aliphatic heterocycles. The average Bonchev–Trinajstić information content (AvgIpc) is 2.04. The molecule has 0 bridgehead atoms. The van der Waals surface area contributed by atoms with E-state index in [0.717, 1.165) is 13.1 Å². The van der Waals surface area contributed by atoms with Crippen LogP contribution in [0.5, 0.6) is 0 Å². The molecule has 0 amide bonds. The fourth-order valence-electron chi connectivity index (χ4n) is 1.38. The van der Waals surface area contributed by atoms with Gasteiger partial charge >= 0.3 is 0 Å². The van der Waals surface area contributed by atoms with Crippen LogP contribution in [-0.2, 0) is 32.7 Å². The first-order chi connectivity index (χ1) is 4.88. The van der Waals surface area contributed by atoms with Crippen LogP contribution in [0, 0.1) is 12.8 Å². The van der Waals surface area contributed by atoms with Gasteiger partial charge < -0.3 is 23.5 Å². The van der Waals surface area contributed by atoms with Crippen LogP contribution in [0.2, 0.25) is 0 Å². The fraction of sp³-hybridized carbons (Fsp3) is 0.750. The molecule has 0 spiro atoms. The molecule has 3 heteroatoms. The van der Waals surface area contributed by atoms with Gasteiger partial charge in [-0.05, 0) is 0 Å². The first-order valence-electron chi connectivity index (χ1n) is 3.94. The summed E-state index contributed by atoms with van der Waals surface area (Å²) in [4.78, 5) is 0. The molecule has 0 saturated carbocycles. The standard InChI is InChI=1S/C8H16N2.Y/c1-3-7-8(4-2)10-6-5-9-7;/h3-4,7-10H,5-6H2,1-2H3;/q-2;/t7-,8?;/m1./s1. The third-order valence-electron chi connectivity index (χ3n) is 1.99. The Bertz CT molecular complexity index is 86.1. The molecule has 11 heavy (non-hydrogen) atoms. The summed E-state index contributed by atoms with van der Waals surface area (Å²) in [6.07, 6.45) is 4.41. The van der Waals surface area contributed by atoms with Crippen molar-refractivity contribution in [3.05, 3.63) is 12.8 Å². The van der Waals surface area contributed by atoms with Crippen LogP contribution in [0.1, 0.15) is 13.8 Å². The third-order valence-corrected chi connectivity index (χ3v) is 1.99. The van der Waals surface area contributed by atoms with Crippen molar-refractivity contribution in [2.45, 2.75) is 25.9 Å². The maximum Gasteiger partial charge on any atom is 0.00503 e. The van der Waals surface area contributed by atoms with Gasteiger partial charge in [0.25, 0.3) is 0 Å². The minimum atomic E-state index is 0. The normalized spacial score (nSPS) is 31.1. The van der Waals surface area contributed by atoms with Crippen LogP contribution < -0.4 is 10.6 Å². The van der Waals surface area contributed by atoms with E-state index < -0.39 is 0 Å². The van der Waals surface area contributed by atoms with Crippen LogP contribution in [0.15, 0.2) is 0 Å². The molecule has 0 aliphatic carbocycles. The number of hydrogen-bond acceptors (Lipinski definition) is 2. The first kappa shape index (κ1) is 12.0. The van der Waals surface area contributed by atoms with E-state index in [4.69, 9.17) is 0 Å². The van der Waals surface area contributed by atoms with Crippen molar-refractivity contribution in [3.8, 4) is 0 Å². The predicted molar refractivity (Wildman–Crippen MR) is 43.5 cm³/mol. The summed E-state index contributed by atoms with van der Waals surface area (Å²) in [6.45, 7) is 6.36. The molecular formula is C8H16N2Y-2. The molecule has 1 aliphatic rings. The molecule has 1 unspecified atom stereocenters. The third kappa shape index (κ3) is 3.50. The Hall–Kier alpha value is 1.02. The molecule has 1 fully saturated rings. The van der Waals surface area contributed by atoms with E-state index in [9.17, 15) is 0 Å². The van der Waals surface area contributed by atoms with Gasteiger partial charge in [0.2, 0.25) is 0 Å². The summed E-state index contributed by atoms with van der Waals surface area (Å²) in [5, 5.41) is 6.84. The van der Waals surface area contributed by atoms with Gasteiger partial charge in [0, 0.05) is 45.8 Å². The van der Waals surface area contributed by atoms with Crippen LogP contribution in [0.4, 0.5) is 0 Å². The Balaban J connectivity index is 0.000001000. The zero-order valence-electron chi connectivity index (χ0n) is 7.30. The molecule has 0 aromatic rings. The average molecular weight is 229 g/mol. The van der Waals surface area contributed by atoms with Gasteiger partial charge in [-0.2, -0.15) is 13.8 Å². The molecule has 1 rings (SSSR count). The summed E-state index contributed by atoms with van der Waals surface area (Å²) >= 11 is 0. The van der Waals surface area contributed by atoms with Crippen molar-refractivity contribution in [1.29, 1.82) is 0 Å². The minimum Gasteiger partial charge on any atom is -0.343 e. The molecule has 2 N–H and O–H groups in total. The second-order valence-corrected chi connectivity index (χ2v) is 2.63. The van der Waals surface area contributed by atoms with Gasteiger partial charge in [0.05, 0.1) is 0 Å². The summed E-state index contributed by atoms with van der Waals surface area (Å²) in [6, 6.07) is 1.05. The Labute approximate surface area is 94.8 Å². The van der Waals surface area contributed by atoms with Crippen LogP contribution in [0.3, 0.4) is 0 Å². The van der Waals surface area contributed by atoms with Gasteiger partial charge in [-0.3, -0.25) is 0 Å². The Morgan fingerprint density at radius 2 is 1.36 bits per heavy atom. The largest absolute Gasteiger partial charge is 0.343 e. The summed E-state index contributed by atoms with van der Waals surface area (Å²) in [5.74, 6) is 0.